The fourth-order valence-corrected chi connectivity index (χ4v) is 2.99. The molecule has 1 heterocycles. The minimum absolute atomic E-state index is 0.202. The second-order valence-electron chi connectivity index (χ2n) is 5.44. The molecule has 112 valence electrons. The van der Waals surface area contributed by atoms with Crippen LogP contribution in [0.1, 0.15) is 30.9 Å². The summed E-state index contributed by atoms with van der Waals surface area (Å²) in [4.78, 5) is 0. The molecule has 1 aromatic rings. The maximum atomic E-state index is 6.03. The monoisotopic (exact) mass is 297 g/mol. The van der Waals surface area contributed by atoms with Crippen molar-refractivity contribution in [1.29, 1.82) is 0 Å². The van der Waals surface area contributed by atoms with Gasteiger partial charge >= 0.3 is 0 Å². The van der Waals surface area contributed by atoms with E-state index in [4.69, 9.17) is 21.1 Å². The molecular weight excluding hydrogens is 274 g/mol. The molecule has 1 N–H and O–H groups in total. The number of aryl methyl sites for hydroxylation is 2. The van der Waals surface area contributed by atoms with Gasteiger partial charge in [0.05, 0.1) is 12.2 Å². The van der Waals surface area contributed by atoms with Crippen LogP contribution < -0.4 is 10.1 Å². The van der Waals surface area contributed by atoms with Crippen LogP contribution in [0.25, 0.3) is 0 Å². The highest BCUT2D eigenvalue weighted by molar-refractivity contribution is 6.30. The summed E-state index contributed by atoms with van der Waals surface area (Å²) in [5, 5.41) is 4.09. The zero-order chi connectivity index (χ0) is 14.5. The molecule has 0 spiro atoms. The van der Waals surface area contributed by atoms with Crippen molar-refractivity contribution in [2.75, 3.05) is 19.7 Å². The largest absolute Gasteiger partial charge is 0.490 e. The molecule has 0 saturated carbocycles. The van der Waals surface area contributed by atoms with Crippen LogP contribution in [0.4, 0.5) is 0 Å². The molecule has 2 rings (SSSR count). The molecule has 0 amide bonds. The molecule has 0 radical (unpaired) electrons. The summed E-state index contributed by atoms with van der Waals surface area (Å²) in [6.07, 6.45) is 2.71. The Balaban J connectivity index is 1.84. The van der Waals surface area contributed by atoms with Gasteiger partial charge in [-0.15, -0.1) is 0 Å². The Bertz CT molecular complexity index is 427. The number of rotatable bonds is 6. The van der Waals surface area contributed by atoms with E-state index in [0.29, 0.717) is 12.7 Å². The van der Waals surface area contributed by atoms with Crippen molar-refractivity contribution >= 4 is 11.6 Å². The minimum atomic E-state index is 0.202. The van der Waals surface area contributed by atoms with Crippen LogP contribution in [0.2, 0.25) is 5.02 Å². The van der Waals surface area contributed by atoms with E-state index in [1.54, 1.807) is 0 Å². The van der Waals surface area contributed by atoms with Crippen LogP contribution in [0.5, 0.6) is 5.75 Å². The Morgan fingerprint density at radius 1 is 1.25 bits per heavy atom. The van der Waals surface area contributed by atoms with E-state index in [-0.39, 0.29) is 6.10 Å². The first kappa shape index (κ1) is 15.6. The molecule has 1 saturated heterocycles. The van der Waals surface area contributed by atoms with Crippen LogP contribution in [0, 0.1) is 13.8 Å². The Hall–Kier alpha value is -0.770. The average molecular weight is 298 g/mol. The summed E-state index contributed by atoms with van der Waals surface area (Å²) in [7, 11) is 0. The van der Waals surface area contributed by atoms with Crippen molar-refractivity contribution in [3.8, 4) is 5.75 Å². The third-order valence-electron chi connectivity index (χ3n) is 3.66. The highest BCUT2D eigenvalue weighted by atomic mass is 35.5. The normalized spacial score (nSPS) is 22.2. The van der Waals surface area contributed by atoms with Crippen LogP contribution >= 0.6 is 11.6 Å². The smallest absolute Gasteiger partial charge is 0.125 e. The Morgan fingerprint density at radius 3 is 2.55 bits per heavy atom. The SMILES string of the molecule is CCNCC1CCC(COc2c(C)cc(Cl)cc2C)O1. The number of hydrogen-bond donors (Lipinski definition) is 1. The molecule has 20 heavy (non-hydrogen) atoms. The fourth-order valence-electron chi connectivity index (χ4n) is 2.66. The number of nitrogens with one attached hydrogen (secondary N) is 1. The van der Waals surface area contributed by atoms with E-state index in [1.807, 2.05) is 26.0 Å². The van der Waals surface area contributed by atoms with Crippen LogP contribution in [0.3, 0.4) is 0 Å². The van der Waals surface area contributed by atoms with Crippen molar-refractivity contribution < 1.29 is 9.47 Å². The fraction of sp³-hybridized carbons (Fsp3) is 0.625. The van der Waals surface area contributed by atoms with Gasteiger partial charge in [-0.05, 0) is 56.5 Å². The zero-order valence-corrected chi connectivity index (χ0v) is 13.3. The first-order chi connectivity index (χ1) is 9.60. The molecule has 0 bridgehead atoms. The third-order valence-corrected chi connectivity index (χ3v) is 3.87. The van der Waals surface area contributed by atoms with E-state index in [9.17, 15) is 0 Å². The van der Waals surface area contributed by atoms with Crippen LogP contribution in [0.15, 0.2) is 12.1 Å². The van der Waals surface area contributed by atoms with Gasteiger partial charge in [0.25, 0.3) is 0 Å². The van der Waals surface area contributed by atoms with E-state index in [2.05, 4.69) is 12.2 Å². The predicted molar refractivity (Wildman–Crippen MR) is 82.9 cm³/mol. The van der Waals surface area contributed by atoms with Crippen molar-refractivity contribution in [2.45, 2.75) is 45.8 Å². The van der Waals surface area contributed by atoms with E-state index in [0.717, 1.165) is 47.8 Å². The van der Waals surface area contributed by atoms with Crippen molar-refractivity contribution in [1.82, 2.24) is 5.32 Å². The lowest BCUT2D eigenvalue weighted by Gasteiger charge is -2.17. The summed E-state index contributed by atoms with van der Waals surface area (Å²) in [5.41, 5.74) is 2.16. The number of ether oxygens (including phenoxy) is 2. The minimum Gasteiger partial charge on any atom is -0.490 e. The molecule has 1 fully saturated rings. The number of hydrogen-bond acceptors (Lipinski definition) is 3. The predicted octanol–water partition coefficient (Wildman–Crippen LogP) is 3.49. The summed E-state index contributed by atoms with van der Waals surface area (Å²) in [5.74, 6) is 0.938. The summed E-state index contributed by atoms with van der Waals surface area (Å²) >= 11 is 6.03. The maximum absolute atomic E-state index is 6.03. The van der Waals surface area contributed by atoms with Gasteiger partial charge in [-0.3, -0.25) is 0 Å². The number of benzene rings is 1. The molecule has 2 unspecified atom stereocenters. The van der Waals surface area contributed by atoms with Gasteiger partial charge in [0.15, 0.2) is 0 Å². The maximum Gasteiger partial charge on any atom is 0.125 e. The van der Waals surface area contributed by atoms with E-state index >= 15 is 0 Å². The first-order valence-electron chi connectivity index (χ1n) is 7.36. The third kappa shape index (κ3) is 4.11. The Labute approximate surface area is 126 Å². The number of likely N-dealkylation sites (N-methyl/N-ethyl adjacent to an activating group) is 1. The molecule has 0 aliphatic carbocycles. The Kier molecular flexibility index (Phi) is 5.70. The second kappa shape index (κ2) is 7.30. The van der Waals surface area contributed by atoms with Crippen LogP contribution in [-0.2, 0) is 4.74 Å². The van der Waals surface area contributed by atoms with Crippen molar-refractivity contribution in [3.05, 3.63) is 28.3 Å². The lowest BCUT2D eigenvalue weighted by Crippen LogP contribution is -2.28. The molecule has 1 aromatic carbocycles. The molecule has 2 atom stereocenters. The molecular formula is C16H24ClNO2. The molecule has 3 nitrogen and oxygen atoms in total. The second-order valence-corrected chi connectivity index (χ2v) is 5.88. The average Bonchev–Trinajstić information content (AvgIpc) is 2.83. The van der Waals surface area contributed by atoms with Gasteiger partial charge in [-0.1, -0.05) is 18.5 Å². The Morgan fingerprint density at radius 2 is 1.90 bits per heavy atom. The van der Waals surface area contributed by atoms with Gasteiger partial charge < -0.3 is 14.8 Å². The number of halogens is 1. The van der Waals surface area contributed by atoms with E-state index in [1.165, 1.54) is 0 Å². The van der Waals surface area contributed by atoms with Gasteiger partial charge in [0, 0.05) is 11.6 Å². The quantitative estimate of drug-likeness (QED) is 0.872. The lowest BCUT2D eigenvalue weighted by molar-refractivity contribution is 0.0185. The van der Waals surface area contributed by atoms with Gasteiger partial charge in [-0.25, -0.2) is 0 Å². The highest BCUT2D eigenvalue weighted by Crippen LogP contribution is 2.28. The summed E-state index contributed by atoms with van der Waals surface area (Å²) in [6.45, 7) is 8.71. The van der Waals surface area contributed by atoms with Gasteiger partial charge in [0.2, 0.25) is 0 Å². The van der Waals surface area contributed by atoms with Gasteiger partial charge in [0.1, 0.15) is 12.4 Å². The molecule has 1 aliphatic heterocycles. The highest BCUT2D eigenvalue weighted by Gasteiger charge is 2.25. The topological polar surface area (TPSA) is 30.5 Å². The summed E-state index contributed by atoms with van der Waals surface area (Å²) in [6, 6.07) is 3.88. The zero-order valence-electron chi connectivity index (χ0n) is 12.5. The standard InChI is InChI=1S/C16H24ClNO2/c1-4-18-9-14-5-6-15(20-14)10-19-16-11(2)7-13(17)8-12(16)3/h7-8,14-15,18H,4-6,9-10H2,1-3H3. The van der Waals surface area contributed by atoms with Crippen molar-refractivity contribution in [2.24, 2.45) is 0 Å². The van der Waals surface area contributed by atoms with Gasteiger partial charge in [-0.2, -0.15) is 0 Å². The lowest BCUT2D eigenvalue weighted by atomic mass is 10.1. The van der Waals surface area contributed by atoms with Crippen LogP contribution in [-0.4, -0.2) is 31.9 Å². The first-order valence-corrected chi connectivity index (χ1v) is 7.73. The molecule has 4 heteroatoms. The molecule has 1 aliphatic rings. The van der Waals surface area contributed by atoms with E-state index < -0.39 is 0 Å². The molecule has 0 aromatic heterocycles. The van der Waals surface area contributed by atoms with Crippen molar-refractivity contribution in [3.63, 3.8) is 0 Å². The summed E-state index contributed by atoms with van der Waals surface area (Å²) < 4.78 is 11.9.